The van der Waals surface area contributed by atoms with Crippen LogP contribution in [0.15, 0.2) is 54.7 Å². The second-order valence-electron chi connectivity index (χ2n) is 24.7. The van der Waals surface area contributed by atoms with Crippen molar-refractivity contribution >= 4 is 136 Å². The zero-order valence-electron chi connectivity index (χ0n) is 58.1. The zero-order chi connectivity index (χ0) is 80.1. The summed E-state index contributed by atoms with van der Waals surface area (Å²) in [6.45, 7) is 0.434. The van der Waals surface area contributed by atoms with Crippen LogP contribution in [0, 0.1) is 5.92 Å². The number of nitrogen functional groups attached to an aromatic ring is 1. The smallest absolute Gasteiger partial charge is 0.373 e. The van der Waals surface area contributed by atoms with Gasteiger partial charge in [-0.05, 0) is 76.2 Å². The summed E-state index contributed by atoms with van der Waals surface area (Å²) in [7, 11) is -1.13. The number of para-hydroxylation sites is 2. The molecule has 26 N–H and O–H groups in total. The third-order valence-corrected chi connectivity index (χ3v) is 16.0. The molecule has 2 heterocycles. The van der Waals surface area contributed by atoms with Gasteiger partial charge in [-0.3, -0.25) is 86.3 Å². The van der Waals surface area contributed by atoms with Crippen molar-refractivity contribution in [2.24, 2.45) is 17.4 Å². The number of H-pyrrole nitrogens is 1. The number of esters is 1. The number of hydrogen-bond donors (Lipinski definition) is 23. The number of cyclic esters (lactones) is 1. The van der Waals surface area contributed by atoms with Crippen LogP contribution in [0.1, 0.15) is 88.1 Å². The Morgan fingerprint density at radius 2 is 1.15 bits per heavy atom. The predicted molar refractivity (Wildman–Crippen MR) is 366 cm³/mol. The van der Waals surface area contributed by atoms with Crippen molar-refractivity contribution in [3.05, 3.63) is 65.9 Å². The number of rotatable bonds is 28. The van der Waals surface area contributed by atoms with Gasteiger partial charge in [-0.1, -0.05) is 37.3 Å². The molecule has 13 amide bonds. The molecule has 2 aromatic carbocycles. The lowest BCUT2D eigenvalue weighted by molar-refractivity contribution is -0.156. The standard InChI is InChI=1S/C63H86BN17O26/c1-27(16-47(87)88)51-62(104)79-41(18-43(83)32-11-5-7-12-33(32)65)63(105)107-29(3)52(81-59(101)40(22-50(93)94)78-58(100)37(19-44(67)84)76-54(96)34(66)17-30-23-68-35-13-8-6-10-31(30)35)61(103)70-25-45(85)73-36(14-9-15-71-64(4)106)56(98)77-39(21-49(91)92)57(99)72-28(2)53(95)75-38(20-48(89)90)55(97)69-24-46(86)74-42(26-82)60(102)80-51/h5-8,10-13,23,27-29,34,36-42,51-52,68,71,82,106H,9,14-22,24-26,65-66H2,1-4H3,(H2,67,84)(H,69,97)(H,70,103)(H,72,99)(H,73,85)(H,74,86)(H,75,95)(H,76,96)(H,77,98)(H,78,100)(H,79,104)(H,80,102)(H,81,101)(H,87,88)(H,89,90)(H,91,92)(H,93,94)/t27-,28-,29-,34+,36+,37-,38+,39+,40+,41+,42-,51+,52+/m1/s1. The number of fused-ring (bicyclic) bond motifs is 1. The van der Waals surface area contributed by atoms with Gasteiger partial charge in [0.1, 0.15) is 66.5 Å². The first-order valence-electron chi connectivity index (χ1n) is 32.9. The second kappa shape index (κ2) is 41.9. The molecule has 1 aliphatic rings. The number of nitrogens with one attached hydrogen (secondary N) is 14. The Labute approximate surface area is 607 Å². The summed E-state index contributed by atoms with van der Waals surface area (Å²) in [5.74, 6) is -29.2. The summed E-state index contributed by atoms with van der Waals surface area (Å²) in [6.07, 6.45) is -8.23. The number of amides is 13. The first-order chi connectivity index (χ1) is 50.3. The summed E-state index contributed by atoms with van der Waals surface area (Å²) in [5, 5.41) is 88.0. The molecular formula is C63H86BN17O26. The Balaban J connectivity index is 1.88. The van der Waals surface area contributed by atoms with E-state index < -0.39 is 263 Å². The summed E-state index contributed by atoms with van der Waals surface area (Å²) in [4.78, 5) is 260. The molecule has 0 spiro atoms. The Hall–Kier alpha value is -12.2. The number of aromatic nitrogens is 1. The number of aliphatic hydroxyl groups is 1. The minimum absolute atomic E-state index is 0.0829. The number of aliphatic hydroxyl groups excluding tert-OH is 1. The fraction of sp³-hybridized carbons (Fsp3) is 0.476. The monoisotopic (exact) mass is 1510 g/mol. The first-order valence-corrected chi connectivity index (χ1v) is 32.9. The van der Waals surface area contributed by atoms with Crippen molar-refractivity contribution in [2.75, 3.05) is 32.0 Å². The van der Waals surface area contributed by atoms with Gasteiger partial charge in [-0.2, -0.15) is 0 Å². The summed E-state index contributed by atoms with van der Waals surface area (Å²) in [5.41, 5.74) is 18.5. The van der Waals surface area contributed by atoms with Crippen LogP contribution in [0.4, 0.5) is 5.69 Å². The topological polar surface area (TPSA) is 705 Å². The van der Waals surface area contributed by atoms with E-state index >= 15 is 0 Å². The SMILES string of the molecule is CB(O)NCCC[C@@H]1NC(=O)CNC(=O)[C@@H](NC(=O)[C@H](CC(=O)O)NC(=O)[C@@H](CC(N)=O)NC(=O)[C@@H](N)Cc2c[nH]c3ccccc23)[C@@H](C)OC(=O)[C@H](CC(=O)c2ccccc2N)NC(=O)[C@H]([C@H](C)CC(=O)O)NC(=O)[C@@H](CO)NC(=O)CNC(=O)[C@H](CC(=O)O)NC(=O)[C@@H](C)NC(=O)[C@H](CC(=O)O)NC1=O. The molecule has 3 aromatic rings. The van der Waals surface area contributed by atoms with E-state index in [9.17, 15) is 122 Å². The van der Waals surface area contributed by atoms with Crippen LogP contribution in [0.2, 0.25) is 6.82 Å². The molecule has 1 saturated heterocycles. The number of hydrogen-bond acceptors (Lipinski definition) is 25. The highest BCUT2D eigenvalue weighted by Gasteiger charge is 2.41. The van der Waals surface area contributed by atoms with Crippen molar-refractivity contribution in [3.63, 3.8) is 0 Å². The Morgan fingerprint density at radius 3 is 1.75 bits per heavy atom. The van der Waals surface area contributed by atoms with Gasteiger partial charge in [0.15, 0.2) is 5.78 Å². The van der Waals surface area contributed by atoms with Gasteiger partial charge in [0.2, 0.25) is 76.8 Å². The number of primary amides is 1. The number of aromatic amines is 1. The number of Topliss-reactive ketones (excluding diaryl/α,β-unsaturated/α-hetero) is 1. The Bertz CT molecular complexity index is 3840. The molecule has 0 bridgehead atoms. The molecule has 1 aromatic heterocycles. The molecule has 1 fully saturated rings. The number of benzene rings is 2. The van der Waals surface area contributed by atoms with Gasteiger partial charge < -0.3 is 127 Å². The first kappa shape index (κ1) is 87.2. The fourth-order valence-electron chi connectivity index (χ4n) is 10.4. The van der Waals surface area contributed by atoms with Gasteiger partial charge in [-0.15, -0.1) is 0 Å². The van der Waals surface area contributed by atoms with Crippen LogP contribution in [0.5, 0.6) is 0 Å². The van der Waals surface area contributed by atoms with E-state index in [2.05, 4.69) is 52.7 Å². The Morgan fingerprint density at radius 1 is 0.607 bits per heavy atom. The minimum Gasteiger partial charge on any atom is -0.481 e. The molecule has 582 valence electrons. The summed E-state index contributed by atoms with van der Waals surface area (Å²) < 4.78 is 5.64. The van der Waals surface area contributed by atoms with E-state index in [4.69, 9.17) is 21.9 Å². The molecule has 107 heavy (non-hydrogen) atoms. The third kappa shape index (κ3) is 28.8. The molecule has 13 atom stereocenters. The van der Waals surface area contributed by atoms with E-state index in [-0.39, 0.29) is 30.6 Å². The van der Waals surface area contributed by atoms with Crippen LogP contribution < -0.4 is 86.2 Å². The van der Waals surface area contributed by atoms with E-state index in [0.717, 1.165) is 20.8 Å². The molecule has 0 unspecified atom stereocenters. The lowest BCUT2D eigenvalue weighted by Crippen LogP contribution is -2.61. The van der Waals surface area contributed by atoms with E-state index in [0.29, 0.717) is 16.5 Å². The molecule has 0 radical (unpaired) electrons. The number of carboxylic acids is 4. The average Bonchev–Trinajstić information content (AvgIpc) is 1.69. The number of ether oxygens (including phenoxy) is 1. The van der Waals surface area contributed by atoms with Crippen molar-refractivity contribution in [1.29, 1.82) is 0 Å². The van der Waals surface area contributed by atoms with Gasteiger partial charge in [-0.25, -0.2) is 4.79 Å². The number of aliphatic carboxylic acids is 4. The lowest BCUT2D eigenvalue weighted by Gasteiger charge is -2.30. The second-order valence-corrected chi connectivity index (χ2v) is 24.7. The van der Waals surface area contributed by atoms with Crippen LogP contribution in [-0.2, 0) is 97.5 Å². The van der Waals surface area contributed by atoms with Gasteiger partial charge >= 0.3 is 36.9 Å². The maximum Gasteiger partial charge on any atom is 0.373 e. The molecule has 4 rings (SSSR count). The normalized spacial score (nSPS) is 21.9. The fourth-order valence-corrected chi connectivity index (χ4v) is 10.4. The number of ketones is 1. The summed E-state index contributed by atoms with van der Waals surface area (Å²) >= 11 is 0. The van der Waals surface area contributed by atoms with Gasteiger partial charge in [0.05, 0.1) is 57.8 Å². The summed E-state index contributed by atoms with van der Waals surface area (Å²) in [6, 6.07) is -10.5. The number of nitrogens with two attached hydrogens (primary N) is 3. The molecule has 44 heteroatoms. The molecule has 43 nitrogen and oxygen atoms in total. The number of carbonyl (C=O) groups excluding carboxylic acids is 15. The van der Waals surface area contributed by atoms with Gasteiger partial charge in [0.25, 0.3) is 0 Å². The predicted octanol–water partition coefficient (Wildman–Crippen LogP) is -9.18. The minimum atomic E-state index is -2.44. The van der Waals surface area contributed by atoms with E-state index in [1.54, 1.807) is 30.5 Å². The van der Waals surface area contributed by atoms with E-state index in [1.807, 2.05) is 21.3 Å². The maximum absolute atomic E-state index is 14.7. The Kier molecular flexibility index (Phi) is 34.2. The zero-order valence-corrected chi connectivity index (χ0v) is 58.1. The van der Waals surface area contributed by atoms with Gasteiger partial charge in [0, 0.05) is 34.8 Å². The van der Waals surface area contributed by atoms with Crippen molar-refractivity contribution < 1.29 is 126 Å². The van der Waals surface area contributed by atoms with Crippen LogP contribution in [-0.4, -0.2) is 254 Å². The maximum atomic E-state index is 14.7. The van der Waals surface area contributed by atoms with Crippen LogP contribution in [0.3, 0.4) is 0 Å². The van der Waals surface area contributed by atoms with Crippen molar-refractivity contribution in [3.8, 4) is 0 Å². The highest BCUT2D eigenvalue weighted by Crippen LogP contribution is 2.20. The quantitative estimate of drug-likeness (QED) is 0.0106. The van der Waals surface area contributed by atoms with E-state index in [1.165, 1.54) is 31.1 Å². The number of carbonyl (C=O) groups is 19. The highest BCUT2D eigenvalue weighted by molar-refractivity contribution is 6.45. The highest BCUT2D eigenvalue weighted by atomic mass is 16.5. The molecule has 1 aliphatic heterocycles. The number of carboxylic acid groups (broad SMARTS) is 4. The number of anilines is 1. The van der Waals surface area contributed by atoms with Crippen LogP contribution >= 0.6 is 0 Å². The molecule has 0 aliphatic carbocycles. The molecular weight excluding hydrogens is 1420 g/mol. The largest absolute Gasteiger partial charge is 0.481 e. The average molecular weight is 1510 g/mol. The van der Waals surface area contributed by atoms with Crippen molar-refractivity contribution in [2.45, 2.75) is 158 Å². The third-order valence-electron chi connectivity index (χ3n) is 16.0. The van der Waals surface area contributed by atoms with Crippen LogP contribution in [0.25, 0.3) is 10.9 Å². The lowest BCUT2D eigenvalue weighted by atomic mass is 9.89. The van der Waals surface area contributed by atoms with Crippen molar-refractivity contribution in [1.82, 2.24) is 74.0 Å². The molecule has 0 saturated carbocycles.